The molecule has 1 atom stereocenters. The SMILES string of the molecule is Cc1ccccc1C(C)(O)Cc1cc(Br)cs1. The summed E-state index contributed by atoms with van der Waals surface area (Å²) >= 11 is 5.11. The first-order chi connectivity index (χ1) is 7.99. The minimum atomic E-state index is -0.810. The van der Waals surface area contributed by atoms with E-state index in [0.717, 1.165) is 15.6 Å². The van der Waals surface area contributed by atoms with Crippen LogP contribution in [-0.4, -0.2) is 5.11 Å². The van der Waals surface area contributed by atoms with Crippen molar-refractivity contribution in [2.45, 2.75) is 25.9 Å². The van der Waals surface area contributed by atoms with Gasteiger partial charge in [-0.1, -0.05) is 24.3 Å². The molecular weight excluding hydrogens is 296 g/mol. The molecule has 0 spiro atoms. The summed E-state index contributed by atoms with van der Waals surface area (Å²) in [4.78, 5) is 1.19. The topological polar surface area (TPSA) is 20.2 Å². The van der Waals surface area contributed by atoms with Crippen molar-refractivity contribution >= 4 is 27.3 Å². The fourth-order valence-corrected chi connectivity index (χ4v) is 3.66. The van der Waals surface area contributed by atoms with Gasteiger partial charge in [0.25, 0.3) is 0 Å². The van der Waals surface area contributed by atoms with Crippen LogP contribution in [0.2, 0.25) is 0 Å². The Kier molecular flexibility index (Phi) is 3.71. The summed E-state index contributed by atoms with van der Waals surface area (Å²) in [5, 5.41) is 12.7. The van der Waals surface area contributed by atoms with Crippen molar-refractivity contribution in [3.63, 3.8) is 0 Å². The first kappa shape index (κ1) is 12.8. The third-order valence-corrected chi connectivity index (χ3v) is 4.56. The lowest BCUT2D eigenvalue weighted by atomic mass is 9.89. The van der Waals surface area contributed by atoms with Crippen LogP contribution in [0.25, 0.3) is 0 Å². The van der Waals surface area contributed by atoms with Crippen molar-refractivity contribution in [2.75, 3.05) is 0 Å². The lowest BCUT2D eigenvalue weighted by Gasteiger charge is -2.25. The molecule has 0 fully saturated rings. The molecule has 1 unspecified atom stereocenters. The van der Waals surface area contributed by atoms with Crippen molar-refractivity contribution in [1.29, 1.82) is 0 Å². The molecule has 0 radical (unpaired) electrons. The van der Waals surface area contributed by atoms with Gasteiger partial charge in [-0.2, -0.15) is 0 Å². The molecule has 2 rings (SSSR count). The molecule has 0 aliphatic rings. The van der Waals surface area contributed by atoms with Gasteiger partial charge in [0, 0.05) is 21.2 Å². The second-order valence-corrected chi connectivity index (χ2v) is 6.41. The van der Waals surface area contributed by atoms with E-state index in [4.69, 9.17) is 0 Å². The van der Waals surface area contributed by atoms with Crippen LogP contribution in [0.1, 0.15) is 22.9 Å². The van der Waals surface area contributed by atoms with E-state index in [9.17, 15) is 5.11 Å². The van der Waals surface area contributed by atoms with Crippen LogP contribution in [-0.2, 0) is 12.0 Å². The molecule has 1 aromatic carbocycles. The number of hydrogen-bond acceptors (Lipinski definition) is 2. The lowest BCUT2D eigenvalue weighted by molar-refractivity contribution is 0.0578. The molecular formula is C14H15BrOS. The Bertz CT molecular complexity index is 516. The van der Waals surface area contributed by atoms with Crippen LogP contribution in [0.15, 0.2) is 40.2 Å². The van der Waals surface area contributed by atoms with E-state index in [1.165, 1.54) is 4.88 Å². The van der Waals surface area contributed by atoms with Gasteiger partial charge < -0.3 is 5.11 Å². The normalized spacial score (nSPS) is 14.6. The number of halogens is 1. The van der Waals surface area contributed by atoms with Crippen molar-refractivity contribution < 1.29 is 5.11 Å². The predicted molar refractivity (Wildman–Crippen MR) is 76.5 cm³/mol. The highest BCUT2D eigenvalue weighted by Crippen LogP contribution is 2.31. The summed E-state index contributed by atoms with van der Waals surface area (Å²) < 4.78 is 1.08. The van der Waals surface area contributed by atoms with Gasteiger partial charge in [0.1, 0.15) is 0 Å². The highest BCUT2D eigenvalue weighted by molar-refractivity contribution is 9.10. The maximum absolute atomic E-state index is 10.6. The van der Waals surface area contributed by atoms with E-state index >= 15 is 0 Å². The standard InChI is InChI=1S/C14H15BrOS/c1-10-5-3-4-6-13(10)14(2,16)8-12-7-11(15)9-17-12/h3-7,9,16H,8H2,1-2H3. The zero-order valence-electron chi connectivity index (χ0n) is 9.90. The highest BCUT2D eigenvalue weighted by atomic mass is 79.9. The summed E-state index contributed by atoms with van der Waals surface area (Å²) in [6.07, 6.45) is 0.647. The minimum absolute atomic E-state index is 0.647. The van der Waals surface area contributed by atoms with Gasteiger partial charge in [-0.15, -0.1) is 11.3 Å². The molecule has 0 saturated carbocycles. The maximum Gasteiger partial charge on any atom is 0.0919 e. The van der Waals surface area contributed by atoms with Crippen LogP contribution in [0.5, 0.6) is 0 Å². The summed E-state index contributed by atoms with van der Waals surface area (Å²) in [6.45, 7) is 3.91. The molecule has 0 saturated heterocycles. The smallest absolute Gasteiger partial charge is 0.0919 e. The van der Waals surface area contributed by atoms with Crippen molar-refractivity contribution in [3.05, 3.63) is 56.2 Å². The average molecular weight is 311 g/mol. The number of rotatable bonds is 3. The third-order valence-electron chi connectivity index (χ3n) is 2.87. The van der Waals surface area contributed by atoms with E-state index in [-0.39, 0.29) is 0 Å². The Morgan fingerprint density at radius 3 is 2.65 bits per heavy atom. The first-order valence-electron chi connectivity index (χ1n) is 5.50. The van der Waals surface area contributed by atoms with E-state index in [0.29, 0.717) is 6.42 Å². The van der Waals surface area contributed by atoms with Gasteiger partial charge in [-0.05, 0) is 47.0 Å². The lowest BCUT2D eigenvalue weighted by Crippen LogP contribution is -2.24. The van der Waals surface area contributed by atoms with E-state index in [1.807, 2.05) is 43.5 Å². The number of benzene rings is 1. The van der Waals surface area contributed by atoms with E-state index in [1.54, 1.807) is 11.3 Å². The van der Waals surface area contributed by atoms with Crippen LogP contribution in [0, 0.1) is 6.92 Å². The number of hydrogen-bond donors (Lipinski definition) is 1. The monoisotopic (exact) mass is 310 g/mol. The predicted octanol–water partition coefficient (Wildman–Crippen LogP) is 4.27. The molecule has 1 nitrogen and oxygen atoms in total. The van der Waals surface area contributed by atoms with Crippen molar-refractivity contribution in [1.82, 2.24) is 0 Å². The maximum atomic E-state index is 10.6. The largest absolute Gasteiger partial charge is 0.385 e. The second-order valence-electron chi connectivity index (χ2n) is 4.50. The summed E-state index contributed by atoms with van der Waals surface area (Å²) in [5.74, 6) is 0. The summed E-state index contributed by atoms with van der Waals surface area (Å²) in [6, 6.07) is 10.1. The molecule has 90 valence electrons. The van der Waals surface area contributed by atoms with Gasteiger partial charge in [0.2, 0.25) is 0 Å². The quantitative estimate of drug-likeness (QED) is 0.897. The third kappa shape index (κ3) is 2.97. The second kappa shape index (κ2) is 4.92. The van der Waals surface area contributed by atoms with Crippen LogP contribution in [0.4, 0.5) is 0 Å². The van der Waals surface area contributed by atoms with Gasteiger partial charge in [0.05, 0.1) is 5.60 Å². The van der Waals surface area contributed by atoms with E-state index in [2.05, 4.69) is 22.0 Å². The molecule has 1 N–H and O–H groups in total. The Labute approximate surface area is 114 Å². The molecule has 17 heavy (non-hydrogen) atoms. The molecule has 3 heteroatoms. The number of aryl methyl sites for hydroxylation is 1. The molecule has 0 aliphatic heterocycles. The average Bonchev–Trinajstić information content (AvgIpc) is 2.63. The summed E-state index contributed by atoms with van der Waals surface area (Å²) in [5.41, 5.74) is 1.33. The molecule has 1 heterocycles. The van der Waals surface area contributed by atoms with Crippen molar-refractivity contribution in [2.24, 2.45) is 0 Å². The Morgan fingerprint density at radius 2 is 2.06 bits per heavy atom. The molecule has 0 bridgehead atoms. The Balaban J connectivity index is 2.27. The van der Waals surface area contributed by atoms with Gasteiger partial charge in [-0.3, -0.25) is 0 Å². The van der Waals surface area contributed by atoms with Gasteiger partial charge in [0.15, 0.2) is 0 Å². The van der Waals surface area contributed by atoms with Crippen LogP contribution < -0.4 is 0 Å². The molecule has 1 aromatic heterocycles. The Morgan fingerprint density at radius 1 is 1.35 bits per heavy atom. The van der Waals surface area contributed by atoms with Crippen LogP contribution in [0.3, 0.4) is 0 Å². The fraction of sp³-hybridized carbons (Fsp3) is 0.286. The highest BCUT2D eigenvalue weighted by Gasteiger charge is 2.25. The molecule has 0 amide bonds. The fourth-order valence-electron chi connectivity index (χ4n) is 2.06. The summed E-state index contributed by atoms with van der Waals surface area (Å²) in [7, 11) is 0. The Hall–Kier alpha value is -0.640. The number of aliphatic hydroxyl groups is 1. The minimum Gasteiger partial charge on any atom is -0.385 e. The first-order valence-corrected chi connectivity index (χ1v) is 7.18. The van der Waals surface area contributed by atoms with Gasteiger partial charge >= 0.3 is 0 Å². The molecule has 2 aromatic rings. The van der Waals surface area contributed by atoms with Crippen LogP contribution >= 0.6 is 27.3 Å². The number of thiophene rings is 1. The zero-order chi connectivity index (χ0) is 12.5. The molecule has 0 aliphatic carbocycles. The van der Waals surface area contributed by atoms with Gasteiger partial charge in [-0.25, -0.2) is 0 Å². The van der Waals surface area contributed by atoms with Crippen molar-refractivity contribution in [3.8, 4) is 0 Å². The zero-order valence-corrected chi connectivity index (χ0v) is 12.3. The van der Waals surface area contributed by atoms with E-state index < -0.39 is 5.60 Å².